The molecule has 8 heteroatoms. The predicted molar refractivity (Wildman–Crippen MR) is 104 cm³/mol. The maximum atomic E-state index is 13.4. The second-order valence-corrected chi connectivity index (χ2v) is 8.61. The zero-order valence-corrected chi connectivity index (χ0v) is 17.1. The van der Waals surface area contributed by atoms with Crippen molar-refractivity contribution in [1.29, 1.82) is 0 Å². The normalized spacial score (nSPS) is 24.4. The molecule has 3 aliphatic rings. The number of rotatable bonds is 8. The summed E-state index contributed by atoms with van der Waals surface area (Å²) in [4.78, 5) is 29.0. The topological polar surface area (TPSA) is 81.4 Å². The van der Waals surface area contributed by atoms with Crippen molar-refractivity contribution in [3.63, 3.8) is 0 Å². The molecule has 6 nitrogen and oxygen atoms in total. The van der Waals surface area contributed by atoms with Gasteiger partial charge >= 0.3 is 0 Å². The SMILES string of the molecule is CCc1nc(C)c(C(=O)CC23CC(NC(=O)COc4ccc(Cl)c(F)c4)(C2)C3)o1. The van der Waals surface area contributed by atoms with Gasteiger partial charge in [-0.15, -0.1) is 0 Å². The van der Waals surface area contributed by atoms with E-state index in [4.69, 9.17) is 20.8 Å². The summed E-state index contributed by atoms with van der Waals surface area (Å²) in [5.41, 5.74) is 0.324. The van der Waals surface area contributed by atoms with Gasteiger partial charge in [-0.2, -0.15) is 0 Å². The number of ketones is 1. The first-order chi connectivity index (χ1) is 13.7. The van der Waals surface area contributed by atoms with E-state index in [-0.39, 0.29) is 40.0 Å². The summed E-state index contributed by atoms with van der Waals surface area (Å²) < 4.78 is 24.3. The van der Waals surface area contributed by atoms with Crippen molar-refractivity contribution >= 4 is 23.3 Å². The maximum Gasteiger partial charge on any atom is 0.258 e. The lowest BCUT2D eigenvalue weighted by atomic mass is 9.38. The van der Waals surface area contributed by atoms with Crippen molar-refractivity contribution in [2.24, 2.45) is 5.41 Å². The van der Waals surface area contributed by atoms with Crippen LogP contribution in [-0.2, 0) is 11.2 Å². The largest absolute Gasteiger partial charge is 0.484 e. The van der Waals surface area contributed by atoms with Gasteiger partial charge < -0.3 is 14.5 Å². The van der Waals surface area contributed by atoms with Crippen molar-refractivity contribution < 1.29 is 23.1 Å². The Hall–Kier alpha value is -2.41. The van der Waals surface area contributed by atoms with E-state index in [1.165, 1.54) is 12.1 Å². The van der Waals surface area contributed by atoms with Gasteiger partial charge in [0.05, 0.1) is 10.7 Å². The fourth-order valence-electron chi connectivity index (χ4n) is 4.65. The van der Waals surface area contributed by atoms with Gasteiger partial charge in [0, 0.05) is 24.4 Å². The minimum Gasteiger partial charge on any atom is -0.484 e. The number of carbonyl (C=O) groups excluding carboxylic acids is 2. The van der Waals surface area contributed by atoms with Crippen LogP contribution in [0.2, 0.25) is 5.02 Å². The van der Waals surface area contributed by atoms with Crippen LogP contribution in [0.15, 0.2) is 22.6 Å². The molecule has 1 aromatic carbocycles. The Morgan fingerprint density at radius 3 is 2.69 bits per heavy atom. The number of nitrogens with zero attached hydrogens (tertiary/aromatic N) is 1. The van der Waals surface area contributed by atoms with Gasteiger partial charge in [0.15, 0.2) is 18.3 Å². The van der Waals surface area contributed by atoms with Gasteiger partial charge in [0.25, 0.3) is 5.91 Å². The molecular weight excluding hydrogens is 399 g/mol. The van der Waals surface area contributed by atoms with Crippen LogP contribution < -0.4 is 10.1 Å². The number of ether oxygens (including phenoxy) is 1. The van der Waals surface area contributed by atoms with Gasteiger partial charge in [0.1, 0.15) is 11.6 Å². The highest BCUT2D eigenvalue weighted by atomic mass is 35.5. The lowest BCUT2D eigenvalue weighted by Crippen LogP contribution is -2.75. The molecule has 29 heavy (non-hydrogen) atoms. The second kappa shape index (κ2) is 7.13. The van der Waals surface area contributed by atoms with E-state index in [0.717, 1.165) is 25.3 Å². The molecule has 0 aliphatic heterocycles. The van der Waals surface area contributed by atoms with E-state index in [1.54, 1.807) is 6.92 Å². The Kier molecular flexibility index (Phi) is 4.89. The molecule has 0 saturated heterocycles. The van der Waals surface area contributed by atoms with Gasteiger partial charge in [-0.25, -0.2) is 9.37 Å². The monoisotopic (exact) mass is 420 g/mol. The number of carbonyl (C=O) groups is 2. The third-order valence-corrected chi connectivity index (χ3v) is 6.04. The number of halogens is 2. The number of aryl methyl sites for hydroxylation is 2. The Morgan fingerprint density at radius 2 is 2.07 bits per heavy atom. The van der Waals surface area contributed by atoms with Crippen molar-refractivity contribution in [1.82, 2.24) is 10.3 Å². The Balaban J connectivity index is 1.25. The Bertz CT molecular complexity index is 967. The van der Waals surface area contributed by atoms with Crippen LogP contribution in [0.4, 0.5) is 4.39 Å². The fourth-order valence-corrected chi connectivity index (χ4v) is 4.77. The van der Waals surface area contributed by atoms with Crippen LogP contribution in [0, 0.1) is 18.2 Å². The molecule has 154 valence electrons. The quantitative estimate of drug-likeness (QED) is 0.652. The minimum absolute atomic E-state index is 0.00181. The average Bonchev–Trinajstić information content (AvgIpc) is 3.01. The van der Waals surface area contributed by atoms with Crippen LogP contribution in [0.1, 0.15) is 54.7 Å². The zero-order chi connectivity index (χ0) is 20.8. The minimum atomic E-state index is -0.594. The third kappa shape index (κ3) is 3.75. The number of hydrogen-bond donors (Lipinski definition) is 1. The van der Waals surface area contributed by atoms with Gasteiger partial charge in [-0.05, 0) is 43.7 Å². The molecule has 0 spiro atoms. The fraction of sp³-hybridized carbons (Fsp3) is 0.476. The summed E-state index contributed by atoms with van der Waals surface area (Å²) in [5, 5.41) is 2.99. The van der Waals surface area contributed by atoms with Gasteiger partial charge in [0.2, 0.25) is 5.78 Å². The number of oxazole rings is 1. The smallest absolute Gasteiger partial charge is 0.258 e. The van der Waals surface area contributed by atoms with Gasteiger partial charge in [-0.1, -0.05) is 18.5 Å². The average molecular weight is 421 g/mol. The number of aromatic nitrogens is 1. The van der Waals surface area contributed by atoms with Crippen LogP contribution in [0.25, 0.3) is 0 Å². The summed E-state index contributed by atoms with van der Waals surface area (Å²) in [6.07, 6.45) is 3.35. The molecule has 3 saturated carbocycles. The first-order valence-corrected chi connectivity index (χ1v) is 9.99. The number of benzene rings is 1. The molecule has 3 fully saturated rings. The third-order valence-electron chi connectivity index (χ3n) is 5.74. The van der Waals surface area contributed by atoms with Gasteiger partial charge in [-0.3, -0.25) is 9.59 Å². The molecule has 1 heterocycles. The highest BCUT2D eigenvalue weighted by molar-refractivity contribution is 6.30. The Morgan fingerprint density at radius 1 is 1.34 bits per heavy atom. The molecule has 2 aromatic rings. The van der Waals surface area contributed by atoms with Crippen molar-refractivity contribution in [3.05, 3.63) is 46.4 Å². The summed E-state index contributed by atoms with van der Waals surface area (Å²) in [7, 11) is 0. The highest BCUT2D eigenvalue weighted by Crippen LogP contribution is 2.69. The van der Waals surface area contributed by atoms with E-state index >= 15 is 0 Å². The number of hydrogen-bond acceptors (Lipinski definition) is 5. The summed E-state index contributed by atoms with van der Waals surface area (Å²) in [6.45, 7) is 3.51. The standard InChI is InChI=1S/C21H22ClFN2O4/c1-3-18-24-12(2)19(29-18)16(26)7-20-9-21(10-20,11-20)25-17(27)8-28-13-4-5-14(22)15(23)6-13/h4-6H,3,7-11H2,1-2H3,(H,25,27). The molecular formula is C21H22ClFN2O4. The molecule has 0 atom stereocenters. The molecule has 0 radical (unpaired) electrons. The molecule has 2 bridgehead atoms. The lowest BCUT2D eigenvalue weighted by Gasteiger charge is -2.70. The zero-order valence-electron chi connectivity index (χ0n) is 16.3. The highest BCUT2D eigenvalue weighted by Gasteiger charge is 2.68. The molecule has 3 aliphatic carbocycles. The van der Waals surface area contributed by atoms with E-state index in [0.29, 0.717) is 30.2 Å². The summed E-state index contributed by atoms with van der Waals surface area (Å²) in [6, 6.07) is 4.04. The van der Waals surface area contributed by atoms with Crippen molar-refractivity contribution in [2.75, 3.05) is 6.61 Å². The van der Waals surface area contributed by atoms with Crippen LogP contribution in [0.5, 0.6) is 5.75 Å². The molecule has 1 N–H and O–H groups in total. The molecule has 1 aromatic heterocycles. The predicted octanol–water partition coefficient (Wildman–Crippen LogP) is 4.03. The van der Waals surface area contributed by atoms with E-state index < -0.39 is 5.82 Å². The van der Waals surface area contributed by atoms with Crippen molar-refractivity contribution in [2.45, 2.75) is 51.5 Å². The molecule has 1 amide bonds. The lowest BCUT2D eigenvalue weighted by molar-refractivity contribution is -0.164. The molecule has 0 unspecified atom stereocenters. The number of Topliss-reactive ketones (excluding diaryl/α,β-unsaturated/α-hetero) is 1. The number of nitrogens with one attached hydrogen (secondary N) is 1. The maximum absolute atomic E-state index is 13.4. The van der Waals surface area contributed by atoms with E-state index in [1.807, 2.05) is 6.92 Å². The van der Waals surface area contributed by atoms with Crippen LogP contribution in [-0.4, -0.2) is 28.8 Å². The van der Waals surface area contributed by atoms with E-state index in [9.17, 15) is 14.0 Å². The van der Waals surface area contributed by atoms with Crippen molar-refractivity contribution in [3.8, 4) is 5.75 Å². The summed E-state index contributed by atoms with van der Waals surface area (Å²) >= 11 is 5.62. The molecule has 5 rings (SSSR count). The van der Waals surface area contributed by atoms with Crippen LogP contribution >= 0.6 is 11.6 Å². The first kappa shape index (κ1) is 19.9. The summed E-state index contributed by atoms with van der Waals surface area (Å²) in [5.74, 6) is 0.293. The Labute approximate surface area is 172 Å². The number of amides is 1. The second-order valence-electron chi connectivity index (χ2n) is 8.20. The van der Waals surface area contributed by atoms with Crippen LogP contribution in [0.3, 0.4) is 0 Å². The first-order valence-electron chi connectivity index (χ1n) is 9.62. The van der Waals surface area contributed by atoms with E-state index in [2.05, 4.69) is 10.3 Å².